The third kappa shape index (κ3) is 2.01. The molecule has 80 valence electrons. The summed E-state index contributed by atoms with van der Waals surface area (Å²) >= 11 is 0. The van der Waals surface area contributed by atoms with Gasteiger partial charge in [-0.3, -0.25) is 4.79 Å². The zero-order chi connectivity index (χ0) is 10.8. The molecule has 3 heteroatoms. The SMILES string of the molecule is CCNC(=O)C1CC1c1ccccc1F. The number of hydrogen-bond acceptors (Lipinski definition) is 1. The topological polar surface area (TPSA) is 29.1 Å². The first kappa shape index (κ1) is 10.1. The van der Waals surface area contributed by atoms with Gasteiger partial charge in [0.2, 0.25) is 5.91 Å². The molecule has 0 spiro atoms. The van der Waals surface area contributed by atoms with Crippen molar-refractivity contribution >= 4 is 5.91 Å². The molecule has 1 aliphatic carbocycles. The van der Waals surface area contributed by atoms with Crippen LogP contribution in [-0.4, -0.2) is 12.5 Å². The van der Waals surface area contributed by atoms with E-state index in [-0.39, 0.29) is 23.6 Å². The molecule has 1 aromatic rings. The summed E-state index contributed by atoms with van der Waals surface area (Å²) in [4.78, 5) is 11.5. The van der Waals surface area contributed by atoms with Gasteiger partial charge in [0.15, 0.2) is 0 Å². The van der Waals surface area contributed by atoms with Crippen molar-refractivity contribution in [1.29, 1.82) is 0 Å². The van der Waals surface area contributed by atoms with Crippen molar-refractivity contribution in [3.8, 4) is 0 Å². The van der Waals surface area contributed by atoms with Crippen LogP contribution in [0.3, 0.4) is 0 Å². The minimum absolute atomic E-state index is 0.0261. The monoisotopic (exact) mass is 207 g/mol. The molecular formula is C12H14FNO. The summed E-state index contributed by atoms with van der Waals surface area (Å²) in [6.45, 7) is 2.53. The average Bonchev–Trinajstić information content (AvgIpc) is 2.98. The zero-order valence-corrected chi connectivity index (χ0v) is 8.66. The van der Waals surface area contributed by atoms with E-state index in [9.17, 15) is 9.18 Å². The standard InChI is InChI=1S/C12H14FNO/c1-2-14-12(15)10-7-9(10)8-5-3-4-6-11(8)13/h3-6,9-10H,2,7H2,1H3,(H,14,15). The molecule has 15 heavy (non-hydrogen) atoms. The first-order valence-corrected chi connectivity index (χ1v) is 5.26. The summed E-state index contributed by atoms with van der Waals surface area (Å²) in [6, 6.07) is 6.69. The molecule has 0 heterocycles. The van der Waals surface area contributed by atoms with Crippen LogP contribution in [0, 0.1) is 11.7 Å². The van der Waals surface area contributed by atoms with Gasteiger partial charge in [-0.05, 0) is 30.9 Å². The van der Waals surface area contributed by atoms with Gasteiger partial charge in [-0.2, -0.15) is 0 Å². The smallest absolute Gasteiger partial charge is 0.223 e. The Hall–Kier alpha value is -1.38. The molecule has 0 bridgehead atoms. The van der Waals surface area contributed by atoms with Gasteiger partial charge in [-0.15, -0.1) is 0 Å². The predicted molar refractivity (Wildman–Crippen MR) is 55.9 cm³/mol. The summed E-state index contributed by atoms with van der Waals surface area (Å²) in [5.74, 6) is -0.0975. The van der Waals surface area contributed by atoms with E-state index in [0.717, 1.165) is 6.42 Å². The van der Waals surface area contributed by atoms with Crippen molar-refractivity contribution in [3.63, 3.8) is 0 Å². The lowest BCUT2D eigenvalue weighted by atomic mass is 10.1. The maximum Gasteiger partial charge on any atom is 0.223 e. The quantitative estimate of drug-likeness (QED) is 0.807. The van der Waals surface area contributed by atoms with E-state index in [2.05, 4.69) is 5.32 Å². The molecule has 0 aliphatic heterocycles. The second-order valence-electron chi connectivity index (χ2n) is 3.86. The molecule has 1 amide bonds. The van der Waals surface area contributed by atoms with E-state index in [1.54, 1.807) is 12.1 Å². The highest BCUT2D eigenvalue weighted by Crippen LogP contribution is 2.48. The summed E-state index contributed by atoms with van der Waals surface area (Å²) in [6.07, 6.45) is 0.771. The molecule has 1 aliphatic rings. The Balaban J connectivity index is 2.05. The van der Waals surface area contributed by atoms with Crippen LogP contribution in [0.25, 0.3) is 0 Å². The van der Waals surface area contributed by atoms with Gasteiger partial charge in [0.1, 0.15) is 5.82 Å². The summed E-state index contributed by atoms with van der Waals surface area (Å²) in [5.41, 5.74) is 0.675. The lowest BCUT2D eigenvalue weighted by Crippen LogP contribution is -2.24. The van der Waals surface area contributed by atoms with Crippen LogP contribution < -0.4 is 5.32 Å². The van der Waals surface area contributed by atoms with Crippen LogP contribution in [0.1, 0.15) is 24.8 Å². The zero-order valence-electron chi connectivity index (χ0n) is 8.66. The summed E-state index contributed by atoms with van der Waals surface area (Å²) in [5, 5.41) is 2.77. The average molecular weight is 207 g/mol. The van der Waals surface area contributed by atoms with E-state index in [1.807, 2.05) is 13.0 Å². The van der Waals surface area contributed by atoms with E-state index in [0.29, 0.717) is 12.1 Å². The number of carbonyl (C=O) groups excluding carboxylic acids is 1. The molecule has 2 nitrogen and oxygen atoms in total. The van der Waals surface area contributed by atoms with E-state index in [4.69, 9.17) is 0 Å². The van der Waals surface area contributed by atoms with Crippen LogP contribution >= 0.6 is 0 Å². The third-order valence-corrected chi connectivity index (χ3v) is 2.78. The van der Waals surface area contributed by atoms with Gasteiger partial charge < -0.3 is 5.32 Å². The fraction of sp³-hybridized carbons (Fsp3) is 0.417. The Kier molecular flexibility index (Phi) is 2.71. The Labute approximate surface area is 88.5 Å². The van der Waals surface area contributed by atoms with E-state index >= 15 is 0 Å². The molecule has 1 aromatic carbocycles. The number of halogens is 1. The molecule has 2 unspecified atom stereocenters. The largest absolute Gasteiger partial charge is 0.356 e. The van der Waals surface area contributed by atoms with Crippen LogP contribution in [0.2, 0.25) is 0 Å². The van der Waals surface area contributed by atoms with E-state index in [1.165, 1.54) is 6.07 Å². The molecular weight excluding hydrogens is 193 g/mol. The van der Waals surface area contributed by atoms with Crippen molar-refractivity contribution in [1.82, 2.24) is 5.32 Å². The first-order chi connectivity index (χ1) is 7.24. The van der Waals surface area contributed by atoms with Crippen molar-refractivity contribution in [2.24, 2.45) is 5.92 Å². The van der Waals surface area contributed by atoms with Crippen molar-refractivity contribution < 1.29 is 9.18 Å². The van der Waals surface area contributed by atoms with Gasteiger partial charge in [0, 0.05) is 12.5 Å². The normalized spacial score (nSPS) is 23.6. The number of nitrogens with one attached hydrogen (secondary N) is 1. The lowest BCUT2D eigenvalue weighted by molar-refractivity contribution is -0.122. The van der Waals surface area contributed by atoms with Crippen LogP contribution in [0.15, 0.2) is 24.3 Å². The molecule has 0 radical (unpaired) electrons. The summed E-state index contributed by atoms with van der Waals surface area (Å²) in [7, 11) is 0. The van der Waals surface area contributed by atoms with Crippen molar-refractivity contribution in [2.45, 2.75) is 19.3 Å². The number of rotatable bonds is 3. The van der Waals surface area contributed by atoms with Gasteiger partial charge in [0.05, 0.1) is 0 Å². The summed E-state index contributed by atoms with van der Waals surface area (Å²) < 4.78 is 13.4. The van der Waals surface area contributed by atoms with Crippen molar-refractivity contribution in [3.05, 3.63) is 35.6 Å². The minimum atomic E-state index is -0.200. The van der Waals surface area contributed by atoms with Crippen LogP contribution in [-0.2, 0) is 4.79 Å². The van der Waals surface area contributed by atoms with E-state index < -0.39 is 0 Å². The van der Waals surface area contributed by atoms with Crippen LogP contribution in [0.4, 0.5) is 4.39 Å². The Morgan fingerprint density at radius 3 is 2.93 bits per heavy atom. The van der Waals surface area contributed by atoms with Gasteiger partial charge in [-0.25, -0.2) is 4.39 Å². The third-order valence-electron chi connectivity index (χ3n) is 2.78. The van der Waals surface area contributed by atoms with Gasteiger partial charge >= 0.3 is 0 Å². The van der Waals surface area contributed by atoms with Crippen molar-refractivity contribution in [2.75, 3.05) is 6.54 Å². The first-order valence-electron chi connectivity index (χ1n) is 5.26. The Bertz CT molecular complexity index is 378. The highest BCUT2D eigenvalue weighted by atomic mass is 19.1. The molecule has 1 N–H and O–H groups in total. The fourth-order valence-corrected chi connectivity index (χ4v) is 1.91. The Morgan fingerprint density at radius 2 is 2.27 bits per heavy atom. The second-order valence-corrected chi connectivity index (χ2v) is 3.86. The number of hydrogen-bond donors (Lipinski definition) is 1. The molecule has 1 fully saturated rings. The number of benzene rings is 1. The fourth-order valence-electron chi connectivity index (χ4n) is 1.91. The molecule has 0 saturated heterocycles. The predicted octanol–water partition coefficient (Wildman–Crippen LogP) is 2.07. The number of carbonyl (C=O) groups is 1. The second kappa shape index (κ2) is 4.01. The van der Waals surface area contributed by atoms with Crippen LogP contribution in [0.5, 0.6) is 0 Å². The highest BCUT2D eigenvalue weighted by Gasteiger charge is 2.44. The number of amides is 1. The lowest BCUT2D eigenvalue weighted by Gasteiger charge is -2.02. The molecule has 1 saturated carbocycles. The van der Waals surface area contributed by atoms with Gasteiger partial charge in [0.25, 0.3) is 0 Å². The Morgan fingerprint density at radius 1 is 1.53 bits per heavy atom. The molecule has 2 rings (SSSR count). The molecule has 2 atom stereocenters. The maximum atomic E-state index is 13.4. The van der Waals surface area contributed by atoms with Gasteiger partial charge in [-0.1, -0.05) is 18.2 Å². The minimum Gasteiger partial charge on any atom is -0.356 e. The highest BCUT2D eigenvalue weighted by molar-refractivity contribution is 5.82. The molecule has 0 aromatic heterocycles. The maximum absolute atomic E-state index is 13.4.